The lowest BCUT2D eigenvalue weighted by molar-refractivity contribution is 0.155. The molecule has 1 aromatic carbocycles. The Morgan fingerprint density at radius 3 is 2.83 bits per heavy atom. The molecule has 6 heteroatoms. The van der Waals surface area contributed by atoms with Gasteiger partial charge >= 0.3 is 0 Å². The largest absolute Gasteiger partial charge is 0.391 e. The van der Waals surface area contributed by atoms with Crippen molar-refractivity contribution in [2.45, 2.75) is 23.8 Å². The Kier molecular flexibility index (Phi) is 3.66. The van der Waals surface area contributed by atoms with E-state index in [9.17, 15) is 13.5 Å². The molecule has 0 aliphatic heterocycles. The molecule has 0 heterocycles. The molecule has 1 aliphatic rings. The van der Waals surface area contributed by atoms with Crippen LogP contribution >= 0.6 is 0 Å². The topological polar surface area (TPSA) is 90.2 Å². The van der Waals surface area contributed by atoms with Gasteiger partial charge in [0.05, 0.1) is 22.6 Å². The fraction of sp³-hybridized carbons (Fsp3) is 0.417. The maximum Gasteiger partial charge on any atom is 0.240 e. The first-order valence-electron chi connectivity index (χ1n) is 5.71. The second-order valence-electron chi connectivity index (χ2n) is 4.40. The van der Waals surface area contributed by atoms with Gasteiger partial charge in [0.15, 0.2) is 0 Å². The molecule has 1 aliphatic carbocycles. The molecule has 1 fully saturated rings. The number of hydrogen-bond acceptors (Lipinski definition) is 4. The second-order valence-corrected chi connectivity index (χ2v) is 6.16. The first-order valence-corrected chi connectivity index (χ1v) is 7.19. The minimum absolute atomic E-state index is 0.0176. The molecule has 0 bridgehead atoms. The smallest absolute Gasteiger partial charge is 0.240 e. The quantitative estimate of drug-likeness (QED) is 0.817. The molecule has 1 saturated carbocycles. The summed E-state index contributed by atoms with van der Waals surface area (Å²) in [5, 5.41) is 18.3. The summed E-state index contributed by atoms with van der Waals surface area (Å²) < 4.78 is 26.2. The third kappa shape index (κ3) is 3.07. The molecule has 0 saturated heterocycles. The minimum atomic E-state index is -3.65. The molecule has 1 aromatic rings. The Morgan fingerprint density at radius 2 is 2.22 bits per heavy atom. The minimum Gasteiger partial charge on any atom is -0.391 e. The summed E-state index contributed by atoms with van der Waals surface area (Å²) in [6, 6.07) is 7.68. The first kappa shape index (κ1) is 13.0. The highest BCUT2D eigenvalue weighted by atomic mass is 32.2. The Bertz CT molecular complexity index is 573. The molecule has 2 N–H and O–H groups in total. The van der Waals surface area contributed by atoms with E-state index >= 15 is 0 Å². The first-order chi connectivity index (χ1) is 8.53. The Labute approximate surface area is 106 Å². The van der Waals surface area contributed by atoms with Crippen LogP contribution in [0.2, 0.25) is 0 Å². The molecule has 0 spiro atoms. The molecule has 0 amide bonds. The summed E-state index contributed by atoms with van der Waals surface area (Å²) in [5.41, 5.74) is 0.292. The summed E-state index contributed by atoms with van der Waals surface area (Å²) in [6.45, 7) is 0.0176. The van der Waals surface area contributed by atoms with E-state index in [1.165, 1.54) is 24.3 Å². The van der Waals surface area contributed by atoms with Gasteiger partial charge in [0.2, 0.25) is 10.0 Å². The van der Waals surface area contributed by atoms with Crippen molar-refractivity contribution >= 4 is 10.0 Å². The zero-order valence-corrected chi connectivity index (χ0v) is 10.5. The number of nitrogens with zero attached hydrogens (tertiary/aromatic N) is 1. The van der Waals surface area contributed by atoms with Gasteiger partial charge in [0, 0.05) is 6.54 Å². The predicted molar refractivity (Wildman–Crippen MR) is 65.1 cm³/mol. The fourth-order valence-corrected chi connectivity index (χ4v) is 2.76. The third-order valence-corrected chi connectivity index (χ3v) is 4.34. The Morgan fingerprint density at radius 1 is 1.50 bits per heavy atom. The van der Waals surface area contributed by atoms with Gasteiger partial charge in [-0.2, -0.15) is 5.26 Å². The average Bonchev–Trinajstić information content (AvgIpc) is 3.20. The van der Waals surface area contributed by atoms with Crippen molar-refractivity contribution in [2.24, 2.45) is 5.92 Å². The molecule has 0 aromatic heterocycles. The van der Waals surface area contributed by atoms with Gasteiger partial charge in [-0.15, -0.1) is 0 Å². The van der Waals surface area contributed by atoms with Crippen molar-refractivity contribution in [3.05, 3.63) is 29.8 Å². The Hall–Kier alpha value is -1.42. The highest BCUT2D eigenvalue weighted by molar-refractivity contribution is 7.89. The van der Waals surface area contributed by atoms with Crippen LogP contribution in [0.25, 0.3) is 0 Å². The van der Waals surface area contributed by atoms with Crippen molar-refractivity contribution in [2.75, 3.05) is 6.54 Å². The van der Waals surface area contributed by atoms with Gasteiger partial charge in [0.25, 0.3) is 0 Å². The van der Waals surface area contributed by atoms with Crippen molar-refractivity contribution < 1.29 is 13.5 Å². The SMILES string of the molecule is N#Cc1cccc(S(=O)(=O)NCC(O)C2CC2)c1. The zero-order valence-electron chi connectivity index (χ0n) is 9.70. The van der Waals surface area contributed by atoms with E-state index in [0.29, 0.717) is 5.56 Å². The van der Waals surface area contributed by atoms with Crippen LogP contribution in [0.4, 0.5) is 0 Å². The molecular formula is C12H14N2O3S. The Balaban J connectivity index is 2.07. The average molecular weight is 266 g/mol. The molecule has 18 heavy (non-hydrogen) atoms. The summed E-state index contributed by atoms with van der Waals surface area (Å²) in [7, 11) is -3.65. The summed E-state index contributed by atoms with van der Waals surface area (Å²) in [4.78, 5) is 0.0459. The fourth-order valence-electron chi connectivity index (χ4n) is 1.66. The number of hydrogen-bond donors (Lipinski definition) is 2. The van der Waals surface area contributed by atoms with E-state index in [2.05, 4.69) is 4.72 Å². The maximum atomic E-state index is 11.9. The maximum absolute atomic E-state index is 11.9. The number of benzene rings is 1. The lowest BCUT2D eigenvalue weighted by atomic mass is 10.2. The number of nitrogens with one attached hydrogen (secondary N) is 1. The van der Waals surface area contributed by atoms with E-state index in [4.69, 9.17) is 5.26 Å². The lowest BCUT2D eigenvalue weighted by Crippen LogP contribution is -2.33. The molecule has 1 unspecified atom stereocenters. The monoisotopic (exact) mass is 266 g/mol. The molecule has 0 radical (unpaired) electrons. The lowest BCUT2D eigenvalue weighted by Gasteiger charge is -2.11. The van der Waals surface area contributed by atoms with E-state index in [1.54, 1.807) is 0 Å². The predicted octanol–water partition coefficient (Wildman–Crippen LogP) is 0.607. The van der Waals surface area contributed by atoms with Gasteiger partial charge in [-0.05, 0) is 37.0 Å². The van der Waals surface area contributed by atoms with Crippen LogP contribution in [0, 0.1) is 17.2 Å². The molecule has 1 atom stereocenters. The van der Waals surface area contributed by atoms with Crippen LogP contribution in [0.3, 0.4) is 0 Å². The van der Waals surface area contributed by atoms with Crippen LogP contribution in [0.5, 0.6) is 0 Å². The van der Waals surface area contributed by atoms with Gasteiger partial charge < -0.3 is 5.11 Å². The third-order valence-electron chi connectivity index (χ3n) is 2.92. The summed E-state index contributed by atoms with van der Waals surface area (Å²) in [6.07, 6.45) is 1.28. The standard InChI is InChI=1S/C12H14N2O3S/c13-7-9-2-1-3-11(6-9)18(16,17)14-8-12(15)10-4-5-10/h1-3,6,10,12,14-15H,4-5,8H2. The van der Waals surface area contributed by atoms with Gasteiger partial charge in [0.1, 0.15) is 0 Å². The van der Waals surface area contributed by atoms with E-state index in [-0.39, 0.29) is 17.4 Å². The van der Waals surface area contributed by atoms with E-state index in [1.807, 2.05) is 6.07 Å². The summed E-state index contributed by atoms with van der Waals surface area (Å²) in [5.74, 6) is 0.221. The van der Waals surface area contributed by atoms with Crippen LogP contribution in [0.15, 0.2) is 29.2 Å². The summed E-state index contributed by atoms with van der Waals surface area (Å²) >= 11 is 0. The number of aliphatic hydroxyl groups excluding tert-OH is 1. The van der Waals surface area contributed by atoms with Gasteiger partial charge in [-0.25, -0.2) is 13.1 Å². The van der Waals surface area contributed by atoms with Crippen LogP contribution in [0.1, 0.15) is 18.4 Å². The van der Waals surface area contributed by atoms with Crippen molar-refractivity contribution in [1.82, 2.24) is 4.72 Å². The van der Waals surface area contributed by atoms with Crippen LogP contribution < -0.4 is 4.72 Å². The van der Waals surface area contributed by atoms with Crippen molar-refractivity contribution in [1.29, 1.82) is 5.26 Å². The number of aliphatic hydroxyl groups is 1. The van der Waals surface area contributed by atoms with Gasteiger partial charge in [-0.1, -0.05) is 6.07 Å². The highest BCUT2D eigenvalue weighted by Gasteiger charge is 2.30. The highest BCUT2D eigenvalue weighted by Crippen LogP contribution is 2.32. The van der Waals surface area contributed by atoms with Gasteiger partial charge in [-0.3, -0.25) is 0 Å². The van der Waals surface area contributed by atoms with E-state index in [0.717, 1.165) is 12.8 Å². The van der Waals surface area contributed by atoms with Crippen molar-refractivity contribution in [3.8, 4) is 6.07 Å². The number of rotatable bonds is 5. The molecule has 2 rings (SSSR count). The normalized spacial score (nSPS) is 17.1. The second kappa shape index (κ2) is 5.06. The number of sulfonamides is 1. The number of nitriles is 1. The molecular weight excluding hydrogens is 252 g/mol. The molecule has 5 nitrogen and oxygen atoms in total. The van der Waals surface area contributed by atoms with Crippen molar-refractivity contribution in [3.63, 3.8) is 0 Å². The van der Waals surface area contributed by atoms with Crippen LogP contribution in [-0.2, 0) is 10.0 Å². The zero-order chi connectivity index (χ0) is 13.2. The van der Waals surface area contributed by atoms with E-state index < -0.39 is 16.1 Å². The molecule has 96 valence electrons. The van der Waals surface area contributed by atoms with Crippen LogP contribution in [-0.4, -0.2) is 26.2 Å².